The highest BCUT2D eigenvalue weighted by atomic mass is 35.5. The van der Waals surface area contributed by atoms with Gasteiger partial charge in [-0.2, -0.15) is 0 Å². The van der Waals surface area contributed by atoms with Crippen molar-refractivity contribution >= 4 is 27.5 Å². The van der Waals surface area contributed by atoms with Gasteiger partial charge >= 0.3 is 11.3 Å². The molecule has 1 aromatic heterocycles. The van der Waals surface area contributed by atoms with Crippen molar-refractivity contribution in [3.63, 3.8) is 0 Å². The van der Waals surface area contributed by atoms with E-state index < -0.39 is 32.8 Å². The zero-order valence-corrected chi connectivity index (χ0v) is 18.7. The van der Waals surface area contributed by atoms with Crippen LogP contribution in [0.3, 0.4) is 0 Å². The van der Waals surface area contributed by atoms with E-state index in [0.717, 1.165) is 0 Å². The fraction of sp³-hybridized carbons (Fsp3) is 0.526. The Morgan fingerprint density at radius 3 is 2.59 bits per heavy atom. The van der Waals surface area contributed by atoms with Crippen LogP contribution in [0, 0.1) is 5.92 Å². The highest BCUT2D eigenvalue weighted by Gasteiger charge is 2.31. The van der Waals surface area contributed by atoms with E-state index in [1.807, 2.05) is 13.8 Å². The molecule has 0 saturated carbocycles. The zero-order chi connectivity index (χ0) is 21.8. The maximum absolute atomic E-state index is 12.6. The number of carbonyl (C=O) groups is 1. The second-order valence-corrected chi connectivity index (χ2v) is 10.1. The van der Waals surface area contributed by atoms with Crippen molar-refractivity contribution < 1.29 is 22.4 Å². The molecule has 0 spiro atoms. The molecule has 0 radical (unpaired) electrons. The van der Waals surface area contributed by atoms with Crippen LogP contribution in [0.15, 0.2) is 33.9 Å². The predicted octanol–water partition coefficient (Wildman–Crippen LogP) is 4.31. The number of benzene rings is 1. The van der Waals surface area contributed by atoms with Gasteiger partial charge in [-0.15, -0.1) is 5.10 Å². The Kier molecular flexibility index (Phi) is 7.29. The van der Waals surface area contributed by atoms with Gasteiger partial charge < -0.3 is 14.5 Å². The Morgan fingerprint density at radius 1 is 1.31 bits per heavy atom. The van der Waals surface area contributed by atoms with E-state index in [-0.39, 0.29) is 17.6 Å². The molecule has 2 aromatic rings. The van der Waals surface area contributed by atoms with Gasteiger partial charge in [-0.05, 0) is 44.4 Å². The number of carbonyl (C=O) groups excluding carboxylic acids is 1. The van der Waals surface area contributed by atoms with Gasteiger partial charge in [0, 0.05) is 5.02 Å². The van der Waals surface area contributed by atoms with Gasteiger partial charge in [0.25, 0.3) is 0 Å². The maximum atomic E-state index is 12.6. The van der Waals surface area contributed by atoms with Gasteiger partial charge in [-0.3, -0.25) is 0 Å². The second kappa shape index (κ2) is 9.13. The summed E-state index contributed by atoms with van der Waals surface area (Å²) in [6.07, 6.45) is 0.0392. The Balaban J connectivity index is 2.24. The number of halogens is 1. The molecular formula is C19H26ClN3O5S. The lowest BCUT2D eigenvalue weighted by atomic mass is 9.99. The van der Waals surface area contributed by atoms with Crippen LogP contribution in [0.1, 0.15) is 58.5 Å². The molecule has 2 unspecified atom stereocenters. The van der Waals surface area contributed by atoms with Crippen molar-refractivity contribution in [2.45, 2.75) is 63.7 Å². The van der Waals surface area contributed by atoms with E-state index in [1.165, 1.54) is 0 Å². The van der Waals surface area contributed by atoms with E-state index in [1.54, 1.807) is 45.0 Å². The lowest BCUT2D eigenvalue weighted by molar-refractivity contribution is 0.0473. The van der Waals surface area contributed by atoms with Crippen molar-refractivity contribution in [2.75, 3.05) is 0 Å². The molecular weight excluding hydrogens is 418 g/mol. The van der Waals surface area contributed by atoms with Gasteiger partial charge in [-0.25, -0.2) is 13.2 Å². The predicted molar refractivity (Wildman–Crippen MR) is 108 cm³/mol. The molecule has 29 heavy (non-hydrogen) atoms. The van der Waals surface area contributed by atoms with Gasteiger partial charge in [0.1, 0.15) is 11.6 Å². The minimum absolute atomic E-state index is 0.00915. The highest BCUT2D eigenvalue weighted by Crippen LogP contribution is 2.26. The van der Waals surface area contributed by atoms with Gasteiger partial charge in [-0.1, -0.05) is 49.1 Å². The van der Waals surface area contributed by atoms with Crippen molar-refractivity contribution in [1.82, 2.24) is 15.5 Å². The standard InChI is InChI=1S/C19H26ClN3O5S/c1-6-12(2)15(21-17(24)28-19(3,4)5)16-22-23-18(27-16)29(25,26)11-13-8-7-9-14(20)10-13/h7-10,12,15H,6,11H2,1-5H3,(H,21,24). The van der Waals surface area contributed by atoms with Crippen molar-refractivity contribution in [2.24, 2.45) is 5.92 Å². The first kappa shape index (κ1) is 23.2. The molecule has 2 rings (SSSR count). The van der Waals surface area contributed by atoms with E-state index in [0.29, 0.717) is 17.0 Å². The minimum atomic E-state index is -3.88. The van der Waals surface area contributed by atoms with Crippen LogP contribution in [0.5, 0.6) is 0 Å². The summed E-state index contributed by atoms with van der Waals surface area (Å²) in [5, 5.41) is 10.2. The summed E-state index contributed by atoms with van der Waals surface area (Å²) in [4.78, 5) is 12.2. The van der Waals surface area contributed by atoms with E-state index in [4.69, 9.17) is 20.8 Å². The third-order valence-electron chi connectivity index (χ3n) is 4.09. The number of sulfone groups is 1. The Morgan fingerprint density at radius 2 is 2.00 bits per heavy atom. The fourth-order valence-electron chi connectivity index (χ4n) is 2.50. The highest BCUT2D eigenvalue weighted by molar-refractivity contribution is 7.90. The number of alkyl carbamates (subject to hydrolysis) is 1. The number of hydrogen-bond donors (Lipinski definition) is 1. The molecule has 2 atom stereocenters. The van der Waals surface area contributed by atoms with Crippen LogP contribution in [0.25, 0.3) is 0 Å². The SMILES string of the molecule is CCC(C)C(NC(=O)OC(C)(C)C)c1nnc(S(=O)(=O)Cc2cccc(Cl)c2)o1. The monoisotopic (exact) mass is 443 g/mol. The van der Waals surface area contributed by atoms with Gasteiger partial charge in [0.2, 0.25) is 15.7 Å². The molecule has 10 heteroatoms. The molecule has 0 saturated heterocycles. The molecule has 1 amide bonds. The van der Waals surface area contributed by atoms with Crippen molar-refractivity contribution in [3.8, 4) is 0 Å². The maximum Gasteiger partial charge on any atom is 0.408 e. The molecule has 8 nitrogen and oxygen atoms in total. The second-order valence-electron chi connectivity index (χ2n) is 7.80. The van der Waals surface area contributed by atoms with Crippen molar-refractivity contribution in [1.29, 1.82) is 0 Å². The zero-order valence-electron chi connectivity index (χ0n) is 17.1. The lowest BCUT2D eigenvalue weighted by Gasteiger charge is -2.24. The fourth-order valence-corrected chi connectivity index (χ4v) is 3.83. The summed E-state index contributed by atoms with van der Waals surface area (Å²) < 4.78 is 36.0. The van der Waals surface area contributed by atoms with Crippen LogP contribution < -0.4 is 5.32 Å². The molecule has 0 aliphatic carbocycles. The summed E-state index contributed by atoms with van der Waals surface area (Å²) in [7, 11) is -3.88. The normalized spacial score (nSPS) is 14.3. The summed E-state index contributed by atoms with van der Waals surface area (Å²) in [5.41, 5.74) is -0.174. The summed E-state index contributed by atoms with van der Waals surface area (Å²) in [6.45, 7) is 9.06. The molecule has 0 aliphatic rings. The number of rotatable bonds is 7. The number of amides is 1. The number of nitrogens with zero attached hydrogens (tertiary/aromatic N) is 2. The summed E-state index contributed by atoms with van der Waals surface area (Å²) in [5.74, 6) is -0.413. The molecule has 1 heterocycles. The Labute approximate surface area is 175 Å². The third-order valence-corrected chi connectivity index (χ3v) is 5.73. The number of nitrogens with one attached hydrogen (secondary N) is 1. The van der Waals surface area contributed by atoms with E-state index in [2.05, 4.69) is 15.5 Å². The van der Waals surface area contributed by atoms with E-state index >= 15 is 0 Å². The van der Waals surface area contributed by atoms with Crippen LogP contribution in [-0.2, 0) is 20.3 Å². The van der Waals surface area contributed by atoms with Crippen LogP contribution >= 0.6 is 11.6 Å². The first-order chi connectivity index (χ1) is 13.4. The van der Waals surface area contributed by atoms with Crippen LogP contribution in [0.2, 0.25) is 5.02 Å². The molecule has 0 aliphatic heterocycles. The van der Waals surface area contributed by atoms with Gasteiger partial charge in [0.05, 0.1) is 5.75 Å². The largest absolute Gasteiger partial charge is 0.444 e. The quantitative estimate of drug-likeness (QED) is 0.678. The average Bonchev–Trinajstić information content (AvgIpc) is 3.08. The Hall–Kier alpha value is -2.13. The van der Waals surface area contributed by atoms with Gasteiger partial charge in [0.15, 0.2) is 0 Å². The first-order valence-corrected chi connectivity index (χ1v) is 11.2. The number of hydrogen-bond acceptors (Lipinski definition) is 7. The Bertz CT molecular complexity index is 953. The summed E-state index contributed by atoms with van der Waals surface area (Å²) in [6, 6.07) is 5.84. The number of ether oxygens (including phenoxy) is 1. The topological polar surface area (TPSA) is 111 Å². The lowest BCUT2D eigenvalue weighted by Crippen LogP contribution is -2.37. The van der Waals surface area contributed by atoms with Crippen molar-refractivity contribution in [3.05, 3.63) is 40.7 Å². The smallest absolute Gasteiger partial charge is 0.408 e. The number of aromatic nitrogens is 2. The third kappa shape index (κ3) is 6.71. The molecule has 0 bridgehead atoms. The molecule has 160 valence electrons. The van der Waals surface area contributed by atoms with Crippen LogP contribution in [-0.4, -0.2) is 30.3 Å². The average molecular weight is 444 g/mol. The molecule has 1 N–H and O–H groups in total. The molecule has 0 fully saturated rings. The molecule has 1 aromatic carbocycles. The first-order valence-electron chi connectivity index (χ1n) is 9.21. The van der Waals surface area contributed by atoms with Crippen LogP contribution in [0.4, 0.5) is 4.79 Å². The van der Waals surface area contributed by atoms with E-state index in [9.17, 15) is 13.2 Å². The summed E-state index contributed by atoms with van der Waals surface area (Å²) >= 11 is 5.91. The minimum Gasteiger partial charge on any atom is -0.444 e.